The van der Waals surface area contributed by atoms with Crippen molar-refractivity contribution < 1.29 is 4.79 Å². The summed E-state index contributed by atoms with van der Waals surface area (Å²) in [6.07, 6.45) is 4.45. The first-order chi connectivity index (χ1) is 12.8. The summed E-state index contributed by atoms with van der Waals surface area (Å²) in [6, 6.07) is 14.3. The summed E-state index contributed by atoms with van der Waals surface area (Å²) in [7, 11) is 0. The van der Waals surface area contributed by atoms with Gasteiger partial charge in [-0.05, 0) is 36.1 Å². The summed E-state index contributed by atoms with van der Waals surface area (Å²) < 4.78 is 0. The zero-order valence-electron chi connectivity index (χ0n) is 14.5. The SMILES string of the molecule is O=C(Nc1cc(CCc2ccccc2)ccn1)c1n[nH]c2c1CNCC2. The van der Waals surface area contributed by atoms with Gasteiger partial charge >= 0.3 is 0 Å². The van der Waals surface area contributed by atoms with Crippen molar-refractivity contribution in [3.63, 3.8) is 0 Å². The van der Waals surface area contributed by atoms with Crippen molar-refractivity contribution in [2.45, 2.75) is 25.8 Å². The summed E-state index contributed by atoms with van der Waals surface area (Å²) >= 11 is 0. The molecule has 3 heterocycles. The zero-order chi connectivity index (χ0) is 17.8. The summed E-state index contributed by atoms with van der Waals surface area (Å²) in [5.74, 6) is 0.333. The number of hydrogen-bond donors (Lipinski definition) is 3. The van der Waals surface area contributed by atoms with E-state index in [1.807, 2.05) is 30.3 Å². The van der Waals surface area contributed by atoms with Crippen LogP contribution in [0.1, 0.15) is 32.9 Å². The van der Waals surface area contributed by atoms with E-state index in [1.165, 1.54) is 5.56 Å². The van der Waals surface area contributed by atoms with Crippen molar-refractivity contribution in [2.75, 3.05) is 11.9 Å². The van der Waals surface area contributed by atoms with Crippen LogP contribution in [0, 0.1) is 0 Å². The fourth-order valence-corrected chi connectivity index (χ4v) is 3.22. The minimum atomic E-state index is -0.223. The quantitative estimate of drug-likeness (QED) is 0.662. The van der Waals surface area contributed by atoms with Gasteiger partial charge in [0.2, 0.25) is 0 Å². The van der Waals surface area contributed by atoms with Crippen LogP contribution in [0.15, 0.2) is 48.7 Å². The second-order valence-electron chi connectivity index (χ2n) is 6.45. The lowest BCUT2D eigenvalue weighted by molar-refractivity contribution is 0.102. The van der Waals surface area contributed by atoms with Crippen LogP contribution in [0.2, 0.25) is 0 Å². The molecule has 4 rings (SSSR count). The van der Waals surface area contributed by atoms with Crippen molar-refractivity contribution in [2.24, 2.45) is 0 Å². The molecule has 1 aliphatic heterocycles. The Morgan fingerprint density at radius 3 is 2.85 bits per heavy atom. The molecule has 26 heavy (non-hydrogen) atoms. The number of carbonyl (C=O) groups excluding carboxylic acids is 1. The molecular formula is C20H21N5O. The Morgan fingerprint density at radius 1 is 1.12 bits per heavy atom. The highest BCUT2D eigenvalue weighted by Gasteiger charge is 2.21. The maximum Gasteiger partial charge on any atom is 0.277 e. The van der Waals surface area contributed by atoms with E-state index in [-0.39, 0.29) is 5.91 Å². The topological polar surface area (TPSA) is 82.7 Å². The van der Waals surface area contributed by atoms with Crippen LogP contribution in [0.5, 0.6) is 0 Å². The predicted molar refractivity (Wildman–Crippen MR) is 100 cm³/mol. The van der Waals surface area contributed by atoms with Crippen LogP contribution in [0.25, 0.3) is 0 Å². The van der Waals surface area contributed by atoms with E-state index in [1.54, 1.807) is 6.20 Å². The molecule has 3 aromatic rings. The van der Waals surface area contributed by atoms with Crippen LogP contribution in [0.4, 0.5) is 5.82 Å². The van der Waals surface area contributed by atoms with E-state index in [0.29, 0.717) is 18.1 Å². The van der Waals surface area contributed by atoms with Crippen molar-refractivity contribution in [3.8, 4) is 0 Å². The number of carbonyl (C=O) groups is 1. The van der Waals surface area contributed by atoms with Gasteiger partial charge in [-0.3, -0.25) is 9.89 Å². The second kappa shape index (κ2) is 7.49. The minimum Gasteiger partial charge on any atom is -0.312 e. The van der Waals surface area contributed by atoms with Gasteiger partial charge in [-0.2, -0.15) is 5.10 Å². The van der Waals surface area contributed by atoms with Crippen molar-refractivity contribution >= 4 is 11.7 Å². The van der Waals surface area contributed by atoms with Gasteiger partial charge in [0.15, 0.2) is 5.69 Å². The number of fused-ring (bicyclic) bond motifs is 1. The Balaban J connectivity index is 1.43. The molecule has 0 saturated carbocycles. The first-order valence-electron chi connectivity index (χ1n) is 8.86. The molecule has 6 heteroatoms. The lowest BCUT2D eigenvalue weighted by Gasteiger charge is -2.12. The van der Waals surface area contributed by atoms with E-state index < -0.39 is 0 Å². The largest absolute Gasteiger partial charge is 0.312 e. The molecule has 0 radical (unpaired) electrons. The highest BCUT2D eigenvalue weighted by Crippen LogP contribution is 2.17. The number of aromatic nitrogens is 3. The van der Waals surface area contributed by atoms with Gasteiger partial charge in [0.25, 0.3) is 5.91 Å². The van der Waals surface area contributed by atoms with Crippen LogP contribution < -0.4 is 10.6 Å². The number of hydrogen-bond acceptors (Lipinski definition) is 4. The molecule has 1 amide bonds. The van der Waals surface area contributed by atoms with E-state index in [0.717, 1.165) is 42.6 Å². The predicted octanol–water partition coefficient (Wildman–Crippen LogP) is 2.49. The molecule has 0 unspecified atom stereocenters. The van der Waals surface area contributed by atoms with Gasteiger partial charge < -0.3 is 10.6 Å². The first-order valence-corrected chi connectivity index (χ1v) is 8.86. The van der Waals surface area contributed by atoms with Crippen molar-refractivity contribution in [3.05, 3.63) is 76.7 Å². The standard InChI is InChI=1S/C20H21N5O/c26-20(19-16-13-21-10-9-17(16)24-25-19)23-18-12-15(8-11-22-18)7-6-14-4-2-1-3-5-14/h1-5,8,11-12,21H,6-7,9-10,13H2,(H,24,25)(H,22,23,26). The van der Waals surface area contributed by atoms with Gasteiger partial charge in [-0.25, -0.2) is 4.98 Å². The second-order valence-corrected chi connectivity index (χ2v) is 6.45. The lowest BCUT2D eigenvalue weighted by atomic mass is 10.1. The van der Waals surface area contributed by atoms with Gasteiger partial charge in [0, 0.05) is 37.0 Å². The molecule has 0 bridgehead atoms. The maximum absolute atomic E-state index is 12.6. The summed E-state index contributed by atoms with van der Waals surface area (Å²) in [5.41, 5.74) is 4.88. The number of pyridine rings is 1. The number of aryl methyl sites for hydroxylation is 2. The summed E-state index contributed by atoms with van der Waals surface area (Å²) in [6.45, 7) is 1.57. The highest BCUT2D eigenvalue weighted by atomic mass is 16.2. The molecule has 0 saturated heterocycles. The fraction of sp³-hybridized carbons (Fsp3) is 0.250. The molecule has 3 N–H and O–H groups in total. The number of nitrogens with one attached hydrogen (secondary N) is 3. The first kappa shape index (κ1) is 16.5. The fourth-order valence-electron chi connectivity index (χ4n) is 3.22. The molecular weight excluding hydrogens is 326 g/mol. The maximum atomic E-state index is 12.6. The highest BCUT2D eigenvalue weighted by molar-refractivity contribution is 6.03. The van der Waals surface area contributed by atoms with E-state index in [2.05, 4.69) is 37.9 Å². The molecule has 1 aromatic carbocycles. The molecule has 0 aliphatic carbocycles. The van der Waals surface area contributed by atoms with Gasteiger partial charge in [0.1, 0.15) is 5.82 Å². The van der Waals surface area contributed by atoms with Crippen LogP contribution in [0.3, 0.4) is 0 Å². The molecule has 2 aromatic heterocycles. The van der Waals surface area contributed by atoms with Gasteiger partial charge in [-0.15, -0.1) is 0 Å². The molecule has 0 spiro atoms. The Hall–Kier alpha value is -2.99. The molecule has 0 fully saturated rings. The number of benzene rings is 1. The Labute approximate surface area is 152 Å². The van der Waals surface area contributed by atoms with Crippen molar-refractivity contribution in [1.82, 2.24) is 20.5 Å². The third kappa shape index (κ3) is 3.65. The van der Waals surface area contributed by atoms with E-state index in [4.69, 9.17) is 0 Å². The number of amides is 1. The summed E-state index contributed by atoms with van der Waals surface area (Å²) in [5, 5.41) is 13.3. The minimum absolute atomic E-state index is 0.223. The lowest BCUT2D eigenvalue weighted by Crippen LogP contribution is -2.25. The number of rotatable bonds is 5. The van der Waals surface area contributed by atoms with Crippen LogP contribution in [-0.4, -0.2) is 27.6 Å². The number of anilines is 1. The van der Waals surface area contributed by atoms with Crippen molar-refractivity contribution in [1.29, 1.82) is 0 Å². The molecule has 1 aliphatic rings. The monoisotopic (exact) mass is 347 g/mol. The van der Waals surface area contributed by atoms with Gasteiger partial charge in [-0.1, -0.05) is 30.3 Å². The Kier molecular flexibility index (Phi) is 4.75. The van der Waals surface area contributed by atoms with Crippen LogP contribution in [-0.2, 0) is 25.8 Å². The van der Waals surface area contributed by atoms with Crippen LogP contribution >= 0.6 is 0 Å². The molecule has 6 nitrogen and oxygen atoms in total. The zero-order valence-corrected chi connectivity index (χ0v) is 14.5. The van der Waals surface area contributed by atoms with E-state index in [9.17, 15) is 4.79 Å². The average Bonchev–Trinajstić information content (AvgIpc) is 3.12. The molecule has 132 valence electrons. The Morgan fingerprint density at radius 2 is 1.96 bits per heavy atom. The van der Waals surface area contributed by atoms with E-state index >= 15 is 0 Å². The Bertz CT molecular complexity index is 904. The number of H-pyrrole nitrogens is 1. The van der Waals surface area contributed by atoms with Gasteiger partial charge in [0.05, 0.1) is 0 Å². The smallest absolute Gasteiger partial charge is 0.277 e. The third-order valence-corrected chi connectivity index (χ3v) is 4.63. The number of nitrogens with zero attached hydrogens (tertiary/aromatic N) is 2. The third-order valence-electron chi connectivity index (χ3n) is 4.63. The summed E-state index contributed by atoms with van der Waals surface area (Å²) in [4.78, 5) is 16.8. The molecule has 0 atom stereocenters. The average molecular weight is 347 g/mol. The number of aromatic amines is 1. The normalized spacial score (nSPS) is 13.2.